The Morgan fingerprint density at radius 2 is 1.62 bits per heavy atom. The Bertz CT molecular complexity index is 1430. The number of aromatic nitrogens is 1. The van der Waals surface area contributed by atoms with Gasteiger partial charge in [-0.1, -0.05) is 23.7 Å². The van der Waals surface area contributed by atoms with E-state index < -0.39 is 21.8 Å². The van der Waals surface area contributed by atoms with Crippen LogP contribution in [0.1, 0.15) is 36.8 Å². The molecule has 0 bridgehead atoms. The Kier molecular flexibility index (Phi) is 10.4. The van der Waals surface area contributed by atoms with Gasteiger partial charge in [0.05, 0.1) is 29.7 Å². The molecule has 2 aromatic carbocycles. The smallest absolute Gasteiger partial charge is 0.269 e. The van der Waals surface area contributed by atoms with Gasteiger partial charge in [-0.05, 0) is 54.4 Å². The molecular formula is C26H27ClN4O7S. The third kappa shape index (κ3) is 8.24. The van der Waals surface area contributed by atoms with Gasteiger partial charge in [-0.3, -0.25) is 19.4 Å². The Morgan fingerprint density at radius 1 is 0.897 bits per heavy atom. The van der Waals surface area contributed by atoms with Gasteiger partial charge in [0, 0.05) is 31.4 Å². The summed E-state index contributed by atoms with van der Waals surface area (Å²) in [7, 11) is -1.20. The third-order valence-corrected chi connectivity index (χ3v) is 7.00. The molecule has 0 spiro atoms. The average Bonchev–Trinajstić information content (AvgIpc) is 2.93. The standard InChI is InChI=1S/C26H27ClN4O7S/c1-37-14-13-29-26(34)22-9-5-18(16-30-22)24(32)31-39(35,36)20-7-3-17(4-8-20)11-12-28-25(33)21-15-19(27)6-10-23(21)38-2/h3-10,15-16H,11-14H2,1-2H3,(H,28,33)(H,29,34)(H,31,32). The summed E-state index contributed by atoms with van der Waals surface area (Å²) < 4.78 is 37.4. The second-order valence-corrected chi connectivity index (χ2v) is 10.2. The molecule has 0 unspecified atom stereocenters. The molecule has 0 radical (unpaired) electrons. The zero-order chi connectivity index (χ0) is 28.4. The summed E-state index contributed by atoms with van der Waals surface area (Å²) in [6, 6.07) is 13.2. The minimum absolute atomic E-state index is 0.0317. The highest BCUT2D eigenvalue weighted by Gasteiger charge is 2.20. The van der Waals surface area contributed by atoms with Crippen molar-refractivity contribution in [2.75, 3.05) is 33.9 Å². The fourth-order valence-corrected chi connectivity index (χ4v) is 4.51. The van der Waals surface area contributed by atoms with Crippen LogP contribution in [0.15, 0.2) is 65.7 Å². The summed E-state index contributed by atoms with van der Waals surface area (Å²) >= 11 is 5.97. The minimum Gasteiger partial charge on any atom is -0.496 e. The number of hydrogen-bond donors (Lipinski definition) is 3. The quantitative estimate of drug-likeness (QED) is 0.278. The molecule has 3 rings (SSSR count). The number of pyridine rings is 1. The highest BCUT2D eigenvalue weighted by Crippen LogP contribution is 2.22. The number of carbonyl (C=O) groups is 3. The number of benzene rings is 2. The van der Waals surface area contributed by atoms with Crippen molar-refractivity contribution in [2.24, 2.45) is 0 Å². The van der Waals surface area contributed by atoms with Crippen molar-refractivity contribution in [2.45, 2.75) is 11.3 Å². The zero-order valence-electron chi connectivity index (χ0n) is 21.2. The zero-order valence-corrected chi connectivity index (χ0v) is 22.8. The molecule has 0 fully saturated rings. The first kappa shape index (κ1) is 29.6. The number of nitrogens with one attached hydrogen (secondary N) is 3. The average molecular weight is 575 g/mol. The second-order valence-electron chi connectivity index (χ2n) is 8.11. The van der Waals surface area contributed by atoms with E-state index in [0.717, 1.165) is 11.8 Å². The van der Waals surface area contributed by atoms with Crippen LogP contribution in [-0.2, 0) is 21.2 Å². The van der Waals surface area contributed by atoms with Gasteiger partial charge in [0.2, 0.25) is 0 Å². The van der Waals surface area contributed by atoms with E-state index in [4.69, 9.17) is 21.1 Å². The van der Waals surface area contributed by atoms with Crippen molar-refractivity contribution in [1.82, 2.24) is 20.3 Å². The first-order valence-electron chi connectivity index (χ1n) is 11.7. The van der Waals surface area contributed by atoms with Gasteiger partial charge in [-0.25, -0.2) is 13.1 Å². The Balaban J connectivity index is 1.55. The van der Waals surface area contributed by atoms with Crippen LogP contribution in [0.5, 0.6) is 5.75 Å². The van der Waals surface area contributed by atoms with Crippen LogP contribution in [0, 0.1) is 0 Å². The van der Waals surface area contributed by atoms with Crippen LogP contribution < -0.4 is 20.1 Å². The summed E-state index contributed by atoms with van der Waals surface area (Å²) in [6.07, 6.45) is 1.55. The lowest BCUT2D eigenvalue weighted by Crippen LogP contribution is -2.31. The number of ether oxygens (including phenoxy) is 2. The molecule has 206 valence electrons. The number of rotatable bonds is 12. The molecule has 0 atom stereocenters. The topological polar surface area (TPSA) is 153 Å². The van der Waals surface area contributed by atoms with Crippen molar-refractivity contribution in [3.05, 3.63) is 88.2 Å². The van der Waals surface area contributed by atoms with Crippen LogP contribution in [0.2, 0.25) is 5.02 Å². The molecule has 0 saturated carbocycles. The molecule has 1 aromatic heterocycles. The van der Waals surface area contributed by atoms with Crippen LogP contribution in [0.3, 0.4) is 0 Å². The number of methoxy groups -OCH3 is 2. The summed E-state index contributed by atoms with van der Waals surface area (Å²) in [5, 5.41) is 5.77. The number of sulfonamides is 1. The van der Waals surface area contributed by atoms with Gasteiger partial charge >= 0.3 is 0 Å². The van der Waals surface area contributed by atoms with Crippen molar-refractivity contribution in [3.8, 4) is 5.75 Å². The van der Waals surface area contributed by atoms with E-state index in [1.165, 1.54) is 44.6 Å². The normalized spacial score (nSPS) is 10.9. The van der Waals surface area contributed by atoms with E-state index in [0.29, 0.717) is 35.9 Å². The monoisotopic (exact) mass is 574 g/mol. The van der Waals surface area contributed by atoms with Gasteiger partial charge in [-0.2, -0.15) is 0 Å². The Morgan fingerprint density at radius 3 is 2.26 bits per heavy atom. The lowest BCUT2D eigenvalue weighted by molar-refractivity contribution is 0.0927. The summed E-state index contributed by atoms with van der Waals surface area (Å²) in [5.41, 5.74) is 1.11. The Hall–Kier alpha value is -4.00. The maximum Gasteiger partial charge on any atom is 0.269 e. The maximum atomic E-state index is 12.7. The van der Waals surface area contributed by atoms with E-state index in [-0.39, 0.29) is 28.6 Å². The molecule has 3 amide bonds. The second kappa shape index (κ2) is 13.7. The summed E-state index contributed by atoms with van der Waals surface area (Å²) in [4.78, 5) is 40.7. The molecule has 0 aliphatic rings. The molecule has 0 aliphatic carbocycles. The molecule has 11 nitrogen and oxygen atoms in total. The van der Waals surface area contributed by atoms with Crippen molar-refractivity contribution >= 4 is 39.3 Å². The van der Waals surface area contributed by atoms with Crippen LogP contribution in [-0.4, -0.2) is 65.0 Å². The van der Waals surface area contributed by atoms with Crippen molar-refractivity contribution in [1.29, 1.82) is 0 Å². The molecule has 0 saturated heterocycles. The van der Waals surface area contributed by atoms with Crippen LogP contribution >= 0.6 is 11.6 Å². The first-order chi connectivity index (χ1) is 18.6. The fourth-order valence-electron chi connectivity index (χ4n) is 3.37. The number of nitrogens with zero attached hydrogens (tertiary/aromatic N) is 1. The van der Waals surface area contributed by atoms with Crippen LogP contribution in [0.25, 0.3) is 0 Å². The predicted molar refractivity (Wildman–Crippen MR) is 144 cm³/mol. The highest BCUT2D eigenvalue weighted by molar-refractivity contribution is 7.90. The van der Waals surface area contributed by atoms with Gasteiger partial charge in [-0.15, -0.1) is 0 Å². The Labute approximate surface area is 230 Å². The number of carbonyl (C=O) groups excluding carboxylic acids is 3. The lowest BCUT2D eigenvalue weighted by atomic mass is 10.1. The number of amides is 3. The molecule has 39 heavy (non-hydrogen) atoms. The number of hydrogen-bond acceptors (Lipinski definition) is 8. The van der Waals surface area contributed by atoms with Crippen molar-refractivity contribution in [3.63, 3.8) is 0 Å². The minimum atomic E-state index is -4.16. The van der Waals surface area contributed by atoms with E-state index in [2.05, 4.69) is 15.6 Å². The maximum absolute atomic E-state index is 12.7. The highest BCUT2D eigenvalue weighted by atomic mass is 35.5. The number of halogens is 1. The molecule has 1 heterocycles. The summed E-state index contributed by atoms with van der Waals surface area (Å²) in [6.45, 7) is 0.912. The van der Waals surface area contributed by atoms with E-state index in [1.54, 1.807) is 24.3 Å². The predicted octanol–water partition coefficient (Wildman–Crippen LogP) is 2.21. The van der Waals surface area contributed by atoms with Crippen LogP contribution in [0.4, 0.5) is 0 Å². The first-order valence-corrected chi connectivity index (χ1v) is 13.5. The van der Waals surface area contributed by atoms with Gasteiger partial charge in [0.15, 0.2) is 0 Å². The van der Waals surface area contributed by atoms with Gasteiger partial charge in [0.25, 0.3) is 27.7 Å². The van der Waals surface area contributed by atoms with E-state index in [9.17, 15) is 22.8 Å². The fraction of sp³-hybridized carbons (Fsp3) is 0.231. The largest absolute Gasteiger partial charge is 0.496 e. The lowest BCUT2D eigenvalue weighted by Gasteiger charge is -2.10. The molecule has 13 heteroatoms. The molecule has 0 aliphatic heterocycles. The van der Waals surface area contributed by atoms with E-state index in [1.807, 2.05) is 4.72 Å². The molecular weight excluding hydrogens is 548 g/mol. The van der Waals surface area contributed by atoms with Crippen molar-refractivity contribution < 1.29 is 32.3 Å². The SMILES string of the molecule is COCCNC(=O)c1ccc(C(=O)NS(=O)(=O)c2ccc(CCNC(=O)c3cc(Cl)ccc3OC)cc2)cn1. The molecule has 3 N–H and O–H groups in total. The molecule has 3 aromatic rings. The van der Waals surface area contributed by atoms with Gasteiger partial charge in [0.1, 0.15) is 11.4 Å². The third-order valence-electron chi connectivity index (χ3n) is 5.42. The summed E-state index contributed by atoms with van der Waals surface area (Å²) in [5.74, 6) is -1.30. The van der Waals surface area contributed by atoms with E-state index >= 15 is 0 Å². The van der Waals surface area contributed by atoms with Gasteiger partial charge < -0.3 is 20.1 Å².